The minimum Gasteiger partial charge on any atom is -0.476 e. The van der Waals surface area contributed by atoms with E-state index in [1.54, 1.807) is 6.07 Å². The summed E-state index contributed by atoms with van der Waals surface area (Å²) < 4.78 is 0. The second-order valence-electron chi connectivity index (χ2n) is 4.27. The summed E-state index contributed by atoms with van der Waals surface area (Å²) in [6.45, 7) is 5.99. The molecule has 2 N–H and O–H groups in total. The molecule has 0 radical (unpaired) electrons. The van der Waals surface area contributed by atoms with Crippen LogP contribution in [0.15, 0.2) is 12.1 Å². The summed E-state index contributed by atoms with van der Waals surface area (Å²) in [7, 11) is 2.08. The van der Waals surface area contributed by atoms with Crippen LogP contribution in [0, 0.1) is 0 Å². The van der Waals surface area contributed by atoms with Gasteiger partial charge in [-0.2, -0.15) is 0 Å². The van der Waals surface area contributed by atoms with Crippen molar-refractivity contribution in [2.24, 2.45) is 0 Å². The fraction of sp³-hybridized carbons (Fsp3) is 0.583. The lowest BCUT2D eigenvalue weighted by Gasteiger charge is -2.23. The number of carboxylic acid groups (broad SMARTS) is 1. The Hall–Kier alpha value is -1.69. The maximum atomic E-state index is 10.6. The maximum Gasteiger partial charge on any atom is 0.356 e. The van der Waals surface area contributed by atoms with Gasteiger partial charge in [0.1, 0.15) is 5.82 Å². The highest BCUT2D eigenvalue weighted by Crippen LogP contribution is 2.03. The highest BCUT2D eigenvalue weighted by molar-refractivity contribution is 5.85. The first-order valence-electron chi connectivity index (χ1n) is 6.05. The van der Waals surface area contributed by atoms with Crippen LogP contribution in [0.4, 0.5) is 5.82 Å². The predicted octanol–water partition coefficient (Wildman–Crippen LogP) is 1.32. The molecular formula is C12H20N4O2. The van der Waals surface area contributed by atoms with E-state index in [0.29, 0.717) is 11.9 Å². The largest absolute Gasteiger partial charge is 0.476 e. The van der Waals surface area contributed by atoms with E-state index in [1.165, 1.54) is 6.07 Å². The van der Waals surface area contributed by atoms with Crippen molar-refractivity contribution in [1.29, 1.82) is 0 Å². The molecule has 0 aliphatic rings. The molecule has 0 amide bonds. The number of nitrogens with zero attached hydrogens (tertiary/aromatic N) is 3. The van der Waals surface area contributed by atoms with Crippen LogP contribution in [-0.4, -0.2) is 52.4 Å². The van der Waals surface area contributed by atoms with Crippen LogP contribution in [0.5, 0.6) is 0 Å². The number of carbonyl (C=O) groups is 1. The van der Waals surface area contributed by atoms with Crippen molar-refractivity contribution in [2.75, 3.05) is 25.5 Å². The Bertz CT molecular complexity index is 380. The van der Waals surface area contributed by atoms with E-state index in [1.807, 2.05) is 0 Å². The number of aromatic carboxylic acids is 1. The first-order valence-corrected chi connectivity index (χ1v) is 6.05. The quantitative estimate of drug-likeness (QED) is 0.762. The summed E-state index contributed by atoms with van der Waals surface area (Å²) >= 11 is 0. The lowest BCUT2D eigenvalue weighted by Crippen LogP contribution is -2.32. The summed E-state index contributed by atoms with van der Waals surface area (Å²) in [5, 5.41) is 19.2. The highest BCUT2D eigenvalue weighted by atomic mass is 16.4. The van der Waals surface area contributed by atoms with Crippen molar-refractivity contribution in [3.05, 3.63) is 17.8 Å². The molecule has 0 saturated carbocycles. The van der Waals surface area contributed by atoms with Gasteiger partial charge in [-0.05, 0) is 32.5 Å². The van der Waals surface area contributed by atoms with Gasteiger partial charge in [-0.1, -0.05) is 6.92 Å². The van der Waals surface area contributed by atoms with Gasteiger partial charge >= 0.3 is 5.97 Å². The molecule has 18 heavy (non-hydrogen) atoms. The Balaban J connectivity index is 2.38. The number of hydrogen-bond acceptors (Lipinski definition) is 5. The van der Waals surface area contributed by atoms with Crippen LogP contribution >= 0.6 is 0 Å². The van der Waals surface area contributed by atoms with E-state index in [0.717, 1.165) is 19.5 Å². The molecule has 0 aliphatic heterocycles. The fourth-order valence-electron chi connectivity index (χ4n) is 1.43. The molecule has 1 aromatic rings. The van der Waals surface area contributed by atoms with Gasteiger partial charge in [-0.15, -0.1) is 10.2 Å². The fourth-order valence-corrected chi connectivity index (χ4v) is 1.43. The maximum absolute atomic E-state index is 10.6. The van der Waals surface area contributed by atoms with Crippen molar-refractivity contribution in [1.82, 2.24) is 15.1 Å². The van der Waals surface area contributed by atoms with Gasteiger partial charge in [-0.3, -0.25) is 0 Å². The zero-order valence-corrected chi connectivity index (χ0v) is 11.1. The van der Waals surface area contributed by atoms with Crippen LogP contribution in [0.1, 0.15) is 30.8 Å². The molecule has 100 valence electrons. The third-order valence-electron chi connectivity index (χ3n) is 3.00. The Morgan fingerprint density at radius 2 is 2.22 bits per heavy atom. The third-order valence-corrected chi connectivity index (χ3v) is 3.00. The van der Waals surface area contributed by atoms with E-state index in [9.17, 15) is 4.79 Å². The first-order chi connectivity index (χ1) is 8.54. The zero-order valence-electron chi connectivity index (χ0n) is 11.1. The third kappa shape index (κ3) is 4.29. The molecule has 0 aromatic carbocycles. The molecule has 1 rings (SSSR count). The van der Waals surface area contributed by atoms with Crippen LogP contribution in [0.3, 0.4) is 0 Å². The normalized spacial score (nSPS) is 12.4. The van der Waals surface area contributed by atoms with Crippen molar-refractivity contribution >= 4 is 11.8 Å². The Labute approximate surface area is 107 Å². The lowest BCUT2D eigenvalue weighted by atomic mass is 10.2. The van der Waals surface area contributed by atoms with E-state index in [4.69, 9.17) is 5.11 Å². The van der Waals surface area contributed by atoms with Gasteiger partial charge in [0, 0.05) is 19.1 Å². The molecule has 0 spiro atoms. The molecule has 6 heteroatoms. The van der Waals surface area contributed by atoms with Gasteiger partial charge in [0.15, 0.2) is 5.69 Å². The molecule has 1 unspecified atom stereocenters. The second kappa shape index (κ2) is 6.90. The van der Waals surface area contributed by atoms with E-state index < -0.39 is 5.97 Å². The van der Waals surface area contributed by atoms with E-state index in [2.05, 4.69) is 41.3 Å². The monoisotopic (exact) mass is 252 g/mol. The average Bonchev–Trinajstić information content (AvgIpc) is 2.38. The Morgan fingerprint density at radius 1 is 1.50 bits per heavy atom. The molecule has 0 bridgehead atoms. The summed E-state index contributed by atoms with van der Waals surface area (Å²) in [4.78, 5) is 12.9. The van der Waals surface area contributed by atoms with Gasteiger partial charge in [0.2, 0.25) is 0 Å². The molecule has 1 heterocycles. The van der Waals surface area contributed by atoms with Crippen molar-refractivity contribution in [2.45, 2.75) is 26.3 Å². The minimum absolute atomic E-state index is 0.0442. The van der Waals surface area contributed by atoms with Gasteiger partial charge in [0.25, 0.3) is 0 Å². The van der Waals surface area contributed by atoms with Crippen LogP contribution in [-0.2, 0) is 0 Å². The Morgan fingerprint density at radius 3 is 2.72 bits per heavy atom. The van der Waals surface area contributed by atoms with Crippen molar-refractivity contribution < 1.29 is 9.90 Å². The molecule has 0 fully saturated rings. The molecule has 0 aliphatic carbocycles. The lowest BCUT2D eigenvalue weighted by molar-refractivity contribution is 0.0689. The van der Waals surface area contributed by atoms with Crippen molar-refractivity contribution in [3.63, 3.8) is 0 Å². The highest BCUT2D eigenvalue weighted by Gasteiger charge is 2.07. The van der Waals surface area contributed by atoms with Gasteiger partial charge in [0.05, 0.1) is 0 Å². The SMILES string of the molecule is CCC(C)N(C)CCNc1ccc(C(=O)O)nn1. The first kappa shape index (κ1) is 14.4. The number of carboxylic acids is 1. The van der Waals surface area contributed by atoms with E-state index in [-0.39, 0.29) is 5.69 Å². The number of aromatic nitrogens is 2. The predicted molar refractivity (Wildman–Crippen MR) is 69.9 cm³/mol. The number of hydrogen-bond donors (Lipinski definition) is 2. The summed E-state index contributed by atoms with van der Waals surface area (Å²) in [5.41, 5.74) is -0.0442. The number of rotatable bonds is 7. The standard InChI is InChI=1S/C12H20N4O2/c1-4-9(2)16(3)8-7-13-11-6-5-10(12(17)18)14-15-11/h5-6,9H,4,7-8H2,1-3H3,(H,13,15)(H,17,18). The topological polar surface area (TPSA) is 78.4 Å². The molecule has 1 atom stereocenters. The average molecular weight is 252 g/mol. The summed E-state index contributed by atoms with van der Waals surface area (Å²) in [6, 6.07) is 3.61. The smallest absolute Gasteiger partial charge is 0.356 e. The minimum atomic E-state index is -1.06. The number of nitrogens with one attached hydrogen (secondary N) is 1. The van der Waals surface area contributed by atoms with Crippen LogP contribution in [0.2, 0.25) is 0 Å². The Kier molecular flexibility index (Phi) is 5.51. The van der Waals surface area contributed by atoms with E-state index >= 15 is 0 Å². The number of likely N-dealkylation sites (N-methyl/N-ethyl adjacent to an activating group) is 1. The summed E-state index contributed by atoms with van der Waals surface area (Å²) in [6.07, 6.45) is 1.11. The molecule has 0 saturated heterocycles. The van der Waals surface area contributed by atoms with Crippen LogP contribution in [0.25, 0.3) is 0 Å². The van der Waals surface area contributed by atoms with Crippen LogP contribution < -0.4 is 5.32 Å². The van der Waals surface area contributed by atoms with Gasteiger partial charge in [-0.25, -0.2) is 4.79 Å². The molecule has 6 nitrogen and oxygen atoms in total. The molecular weight excluding hydrogens is 232 g/mol. The second-order valence-corrected chi connectivity index (χ2v) is 4.27. The van der Waals surface area contributed by atoms with Gasteiger partial charge < -0.3 is 15.3 Å². The van der Waals surface area contributed by atoms with Crippen molar-refractivity contribution in [3.8, 4) is 0 Å². The molecule has 1 aromatic heterocycles. The summed E-state index contributed by atoms with van der Waals surface area (Å²) in [5.74, 6) is -0.469. The zero-order chi connectivity index (χ0) is 13.5. The number of anilines is 1.